The molecule has 0 saturated carbocycles. The number of carboxylic acid groups (broad SMARTS) is 1. The number of piperazine rings is 1. The van der Waals surface area contributed by atoms with E-state index in [0.29, 0.717) is 19.6 Å². The SMILES string of the molecule is CC(C)(C)C1CN(c2ccc(-c3cnc4c(Br)cnn4c3)cc2)CCN1C(=O)O. The summed E-state index contributed by atoms with van der Waals surface area (Å²) in [6, 6.07) is 8.28. The van der Waals surface area contributed by atoms with E-state index in [1.165, 1.54) is 0 Å². The zero-order chi connectivity index (χ0) is 20.8. The van der Waals surface area contributed by atoms with Crippen LogP contribution in [0.25, 0.3) is 16.8 Å². The fourth-order valence-electron chi connectivity index (χ4n) is 3.85. The van der Waals surface area contributed by atoms with Gasteiger partial charge in [0.15, 0.2) is 5.65 Å². The van der Waals surface area contributed by atoms with Gasteiger partial charge in [0.2, 0.25) is 0 Å². The maximum atomic E-state index is 11.6. The number of halogens is 1. The average Bonchev–Trinajstić information content (AvgIpc) is 3.07. The van der Waals surface area contributed by atoms with Crippen molar-refractivity contribution in [3.63, 3.8) is 0 Å². The Kier molecular flexibility index (Phi) is 4.98. The molecule has 152 valence electrons. The van der Waals surface area contributed by atoms with Crippen LogP contribution in [0.3, 0.4) is 0 Å². The van der Waals surface area contributed by atoms with Gasteiger partial charge in [-0.1, -0.05) is 32.9 Å². The van der Waals surface area contributed by atoms with E-state index in [0.717, 1.165) is 26.9 Å². The van der Waals surface area contributed by atoms with Crippen LogP contribution in [0.4, 0.5) is 10.5 Å². The highest BCUT2D eigenvalue weighted by Gasteiger charge is 2.38. The molecule has 29 heavy (non-hydrogen) atoms. The van der Waals surface area contributed by atoms with E-state index in [9.17, 15) is 9.90 Å². The lowest BCUT2D eigenvalue weighted by molar-refractivity contribution is 0.0748. The predicted molar refractivity (Wildman–Crippen MR) is 116 cm³/mol. The molecule has 1 aromatic carbocycles. The summed E-state index contributed by atoms with van der Waals surface area (Å²) in [7, 11) is 0. The quantitative estimate of drug-likeness (QED) is 0.617. The van der Waals surface area contributed by atoms with Gasteiger partial charge in [-0.25, -0.2) is 14.3 Å². The minimum atomic E-state index is -0.840. The van der Waals surface area contributed by atoms with E-state index in [2.05, 4.69) is 75.9 Å². The number of hydrogen-bond donors (Lipinski definition) is 1. The second-order valence-electron chi connectivity index (χ2n) is 8.45. The smallest absolute Gasteiger partial charge is 0.407 e. The molecule has 8 heteroatoms. The second kappa shape index (κ2) is 7.33. The van der Waals surface area contributed by atoms with Gasteiger partial charge in [0, 0.05) is 43.3 Å². The summed E-state index contributed by atoms with van der Waals surface area (Å²) in [6.45, 7) is 8.16. The number of rotatable bonds is 2. The number of anilines is 1. The molecule has 4 rings (SSSR count). The van der Waals surface area contributed by atoms with Crippen molar-refractivity contribution in [1.82, 2.24) is 19.5 Å². The number of carbonyl (C=O) groups is 1. The molecule has 7 nitrogen and oxygen atoms in total. The van der Waals surface area contributed by atoms with Gasteiger partial charge < -0.3 is 14.9 Å². The summed E-state index contributed by atoms with van der Waals surface area (Å²) in [5.74, 6) is 0. The van der Waals surface area contributed by atoms with E-state index >= 15 is 0 Å². The zero-order valence-electron chi connectivity index (χ0n) is 16.7. The average molecular weight is 458 g/mol. The fourth-order valence-corrected chi connectivity index (χ4v) is 4.22. The van der Waals surface area contributed by atoms with Gasteiger partial charge in [-0.05, 0) is 39.0 Å². The number of nitrogens with zero attached hydrogens (tertiary/aromatic N) is 5. The van der Waals surface area contributed by atoms with Crippen molar-refractivity contribution >= 4 is 33.4 Å². The number of aromatic nitrogens is 3. The lowest BCUT2D eigenvalue weighted by Crippen LogP contribution is -2.59. The Bertz CT molecular complexity index is 1040. The van der Waals surface area contributed by atoms with Gasteiger partial charge in [0.25, 0.3) is 0 Å². The molecule has 1 saturated heterocycles. The third-order valence-electron chi connectivity index (χ3n) is 5.50. The molecular formula is C21H24BrN5O2. The Morgan fingerprint density at radius 3 is 2.52 bits per heavy atom. The summed E-state index contributed by atoms with van der Waals surface area (Å²) in [5, 5.41) is 13.9. The van der Waals surface area contributed by atoms with Gasteiger partial charge in [0.1, 0.15) is 0 Å². The van der Waals surface area contributed by atoms with Crippen molar-refractivity contribution in [1.29, 1.82) is 0 Å². The van der Waals surface area contributed by atoms with Gasteiger partial charge in [0.05, 0.1) is 16.7 Å². The molecule has 1 aliphatic heterocycles. The minimum Gasteiger partial charge on any atom is -0.465 e. The van der Waals surface area contributed by atoms with Gasteiger partial charge >= 0.3 is 6.09 Å². The molecule has 1 unspecified atom stereocenters. The van der Waals surface area contributed by atoms with Crippen molar-refractivity contribution in [3.8, 4) is 11.1 Å². The van der Waals surface area contributed by atoms with Crippen LogP contribution in [-0.4, -0.2) is 56.4 Å². The largest absolute Gasteiger partial charge is 0.465 e. The zero-order valence-corrected chi connectivity index (χ0v) is 18.3. The fraction of sp³-hybridized carbons (Fsp3) is 0.381. The molecule has 2 aromatic heterocycles. The summed E-state index contributed by atoms with van der Waals surface area (Å²) >= 11 is 3.44. The normalized spacial score (nSPS) is 17.7. The van der Waals surface area contributed by atoms with Crippen molar-refractivity contribution in [2.24, 2.45) is 5.41 Å². The number of fused-ring (bicyclic) bond motifs is 1. The van der Waals surface area contributed by atoms with Crippen molar-refractivity contribution < 1.29 is 9.90 Å². The van der Waals surface area contributed by atoms with E-state index in [4.69, 9.17) is 0 Å². The standard InChI is InChI=1S/C21H24BrN5O2/c1-21(2,3)18-13-25(8-9-26(18)20(28)29)16-6-4-14(5-7-16)15-10-23-19-17(22)11-24-27(19)12-15/h4-7,10-12,18H,8-9,13H2,1-3H3,(H,28,29). The molecule has 0 bridgehead atoms. The Morgan fingerprint density at radius 2 is 1.86 bits per heavy atom. The van der Waals surface area contributed by atoms with Crippen LogP contribution in [0.1, 0.15) is 20.8 Å². The number of benzene rings is 1. The summed E-state index contributed by atoms with van der Waals surface area (Å²) in [5.41, 5.74) is 3.81. The molecule has 1 fully saturated rings. The Morgan fingerprint density at radius 1 is 1.14 bits per heavy atom. The highest BCUT2D eigenvalue weighted by Crippen LogP contribution is 2.31. The molecule has 3 heterocycles. The molecule has 1 atom stereocenters. The first kappa shape index (κ1) is 19.7. The molecule has 0 radical (unpaired) electrons. The Hall–Kier alpha value is -2.61. The van der Waals surface area contributed by atoms with E-state index in [-0.39, 0.29) is 11.5 Å². The first-order valence-electron chi connectivity index (χ1n) is 9.58. The van der Waals surface area contributed by atoms with Gasteiger partial charge in [-0.3, -0.25) is 0 Å². The predicted octanol–water partition coefficient (Wildman–Crippen LogP) is 4.37. The van der Waals surface area contributed by atoms with E-state index in [1.807, 2.05) is 12.4 Å². The third kappa shape index (κ3) is 3.81. The molecule has 1 amide bonds. The van der Waals surface area contributed by atoms with Crippen molar-refractivity contribution in [2.45, 2.75) is 26.8 Å². The maximum absolute atomic E-state index is 11.6. The molecular weight excluding hydrogens is 434 g/mol. The van der Waals surface area contributed by atoms with Crippen LogP contribution in [0.5, 0.6) is 0 Å². The highest BCUT2D eigenvalue weighted by atomic mass is 79.9. The summed E-state index contributed by atoms with van der Waals surface area (Å²) in [6.07, 6.45) is 4.70. The molecule has 1 N–H and O–H groups in total. The minimum absolute atomic E-state index is 0.0571. The van der Waals surface area contributed by atoms with E-state index in [1.54, 1.807) is 15.6 Å². The first-order valence-corrected chi connectivity index (χ1v) is 10.4. The van der Waals surface area contributed by atoms with Crippen LogP contribution in [0.15, 0.2) is 47.3 Å². The van der Waals surface area contributed by atoms with Crippen LogP contribution >= 0.6 is 15.9 Å². The molecule has 3 aromatic rings. The van der Waals surface area contributed by atoms with Crippen LogP contribution in [0.2, 0.25) is 0 Å². The Labute approximate surface area is 178 Å². The van der Waals surface area contributed by atoms with Gasteiger partial charge in [-0.15, -0.1) is 0 Å². The third-order valence-corrected chi connectivity index (χ3v) is 6.06. The number of hydrogen-bond acceptors (Lipinski definition) is 4. The van der Waals surface area contributed by atoms with Crippen LogP contribution in [-0.2, 0) is 0 Å². The summed E-state index contributed by atoms with van der Waals surface area (Å²) in [4.78, 5) is 20.0. The highest BCUT2D eigenvalue weighted by molar-refractivity contribution is 9.10. The van der Waals surface area contributed by atoms with Crippen LogP contribution in [0, 0.1) is 5.41 Å². The monoisotopic (exact) mass is 457 g/mol. The van der Waals surface area contributed by atoms with Crippen LogP contribution < -0.4 is 4.90 Å². The maximum Gasteiger partial charge on any atom is 0.407 e. The molecule has 0 spiro atoms. The number of amides is 1. The Balaban J connectivity index is 1.56. The topological polar surface area (TPSA) is 74.0 Å². The van der Waals surface area contributed by atoms with Crippen molar-refractivity contribution in [2.75, 3.05) is 24.5 Å². The van der Waals surface area contributed by atoms with E-state index < -0.39 is 6.09 Å². The van der Waals surface area contributed by atoms with Crippen molar-refractivity contribution in [3.05, 3.63) is 47.3 Å². The lowest BCUT2D eigenvalue weighted by atomic mass is 9.84. The molecule has 0 aliphatic carbocycles. The second-order valence-corrected chi connectivity index (χ2v) is 9.31. The first-order chi connectivity index (χ1) is 13.7. The molecule has 1 aliphatic rings. The summed E-state index contributed by atoms with van der Waals surface area (Å²) < 4.78 is 2.63. The van der Waals surface area contributed by atoms with Gasteiger partial charge in [-0.2, -0.15) is 5.10 Å². The lowest BCUT2D eigenvalue weighted by Gasteiger charge is -2.46.